The molecule has 0 amide bonds. The Hall–Kier alpha value is -0.860. The zero-order valence-corrected chi connectivity index (χ0v) is 11.2. The van der Waals surface area contributed by atoms with Gasteiger partial charge in [-0.2, -0.15) is 0 Å². The summed E-state index contributed by atoms with van der Waals surface area (Å²) in [7, 11) is 0. The second-order valence-corrected chi connectivity index (χ2v) is 5.97. The van der Waals surface area contributed by atoms with Crippen LogP contribution in [0.15, 0.2) is 18.2 Å². The van der Waals surface area contributed by atoms with Crippen LogP contribution < -0.4 is 0 Å². The van der Waals surface area contributed by atoms with Crippen LogP contribution in [0.5, 0.6) is 0 Å². The van der Waals surface area contributed by atoms with Gasteiger partial charge in [0.05, 0.1) is 18.3 Å². The van der Waals surface area contributed by atoms with Gasteiger partial charge in [-0.3, -0.25) is 0 Å². The van der Waals surface area contributed by atoms with E-state index in [1.165, 1.54) is 23.1 Å². The predicted molar refractivity (Wildman–Crippen MR) is 71.6 cm³/mol. The molecule has 0 aromatic heterocycles. The van der Waals surface area contributed by atoms with Crippen LogP contribution in [-0.2, 0) is 11.2 Å². The van der Waals surface area contributed by atoms with Crippen molar-refractivity contribution in [2.45, 2.75) is 57.8 Å². The lowest BCUT2D eigenvalue weighted by atomic mass is 9.82. The number of ether oxygens (including phenoxy) is 1. The lowest BCUT2D eigenvalue weighted by Crippen LogP contribution is -2.31. The van der Waals surface area contributed by atoms with Crippen LogP contribution in [0.1, 0.15) is 36.0 Å². The van der Waals surface area contributed by atoms with E-state index in [2.05, 4.69) is 32.0 Å². The van der Waals surface area contributed by atoms with E-state index >= 15 is 0 Å². The number of fused-ring (bicyclic) bond motifs is 2. The highest BCUT2D eigenvalue weighted by atomic mass is 16.5. The standard InChI is InChI=1S/C16H22O2/c1-10-3-4-11(2)12(7-10)8-15(17)14-9-13-5-6-16(14)18-13/h3-4,7,13-17H,5-6,8-9H2,1-2H3. The van der Waals surface area contributed by atoms with Gasteiger partial charge in [0.2, 0.25) is 0 Å². The van der Waals surface area contributed by atoms with Crippen molar-refractivity contribution >= 4 is 0 Å². The van der Waals surface area contributed by atoms with Crippen LogP contribution in [0.25, 0.3) is 0 Å². The number of hydrogen-bond acceptors (Lipinski definition) is 2. The average Bonchev–Trinajstić information content (AvgIpc) is 2.96. The summed E-state index contributed by atoms with van der Waals surface area (Å²) >= 11 is 0. The van der Waals surface area contributed by atoms with Gasteiger partial charge in [-0.15, -0.1) is 0 Å². The Labute approximate surface area is 109 Å². The Balaban J connectivity index is 1.70. The van der Waals surface area contributed by atoms with Crippen molar-refractivity contribution in [3.05, 3.63) is 34.9 Å². The fourth-order valence-electron chi connectivity index (χ4n) is 3.48. The molecule has 2 heterocycles. The molecule has 2 bridgehead atoms. The van der Waals surface area contributed by atoms with Crippen molar-refractivity contribution in [1.82, 2.24) is 0 Å². The molecular formula is C16H22O2. The topological polar surface area (TPSA) is 29.5 Å². The third kappa shape index (κ3) is 2.19. The summed E-state index contributed by atoms with van der Waals surface area (Å²) < 4.78 is 5.84. The summed E-state index contributed by atoms with van der Waals surface area (Å²) in [6.07, 6.45) is 4.64. The van der Waals surface area contributed by atoms with Gasteiger partial charge in [0.15, 0.2) is 0 Å². The summed E-state index contributed by atoms with van der Waals surface area (Å²) in [5, 5.41) is 10.5. The molecule has 2 fully saturated rings. The number of benzene rings is 1. The van der Waals surface area contributed by atoms with Crippen molar-refractivity contribution in [2.75, 3.05) is 0 Å². The predicted octanol–water partition coefficient (Wildman–Crippen LogP) is 2.77. The average molecular weight is 246 g/mol. The smallest absolute Gasteiger partial charge is 0.0634 e. The third-order valence-electron chi connectivity index (χ3n) is 4.58. The monoisotopic (exact) mass is 246 g/mol. The molecule has 1 aromatic rings. The van der Waals surface area contributed by atoms with E-state index in [1.807, 2.05) is 0 Å². The normalized spacial score (nSPS) is 31.8. The summed E-state index contributed by atoms with van der Waals surface area (Å²) in [6, 6.07) is 6.48. The lowest BCUT2D eigenvalue weighted by Gasteiger charge is -2.25. The Kier molecular flexibility index (Phi) is 3.16. The molecule has 2 aliphatic rings. The van der Waals surface area contributed by atoms with Crippen LogP contribution in [-0.4, -0.2) is 23.4 Å². The fraction of sp³-hybridized carbons (Fsp3) is 0.625. The van der Waals surface area contributed by atoms with E-state index in [-0.39, 0.29) is 6.10 Å². The Morgan fingerprint density at radius 1 is 1.33 bits per heavy atom. The maximum Gasteiger partial charge on any atom is 0.0634 e. The van der Waals surface area contributed by atoms with E-state index in [0.29, 0.717) is 18.1 Å². The molecule has 2 aliphatic heterocycles. The number of rotatable bonds is 3. The number of aliphatic hydroxyl groups is 1. The third-order valence-corrected chi connectivity index (χ3v) is 4.58. The van der Waals surface area contributed by atoms with E-state index in [0.717, 1.165) is 19.3 Å². The van der Waals surface area contributed by atoms with Gasteiger partial charge in [-0.05, 0) is 50.7 Å². The van der Waals surface area contributed by atoms with E-state index in [4.69, 9.17) is 4.74 Å². The highest BCUT2D eigenvalue weighted by molar-refractivity contribution is 5.31. The molecule has 0 aliphatic carbocycles. The van der Waals surface area contributed by atoms with Gasteiger partial charge < -0.3 is 9.84 Å². The van der Waals surface area contributed by atoms with Crippen LogP contribution in [0.3, 0.4) is 0 Å². The zero-order chi connectivity index (χ0) is 12.7. The summed E-state index contributed by atoms with van der Waals surface area (Å²) in [5.41, 5.74) is 3.83. The number of aryl methyl sites for hydroxylation is 2. The second kappa shape index (κ2) is 4.67. The lowest BCUT2D eigenvalue weighted by molar-refractivity contribution is 0.0431. The van der Waals surface area contributed by atoms with Gasteiger partial charge in [0.1, 0.15) is 0 Å². The van der Waals surface area contributed by atoms with Crippen LogP contribution in [0, 0.1) is 19.8 Å². The molecule has 18 heavy (non-hydrogen) atoms. The first-order chi connectivity index (χ1) is 8.63. The first-order valence-corrected chi connectivity index (χ1v) is 7.03. The van der Waals surface area contributed by atoms with Gasteiger partial charge in [0, 0.05) is 5.92 Å². The molecule has 2 nitrogen and oxygen atoms in total. The quantitative estimate of drug-likeness (QED) is 0.888. The minimum atomic E-state index is -0.249. The molecule has 0 radical (unpaired) electrons. The highest BCUT2D eigenvalue weighted by Gasteiger charge is 2.43. The fourth-order valence-corrected chi connectivity index (χ4v) is 3.48. The minimum Gasteiger partial charge on any atom is -0.392 e. The summed E-state index contributed by atoms with van der Waals surface area (Å²) in [6.45, 7) is 4.23. The minimum absolute atomic E-state index is 0.249. The molecule has 2 saturated heterocycles. The molecule has 98 valence electrons. The molecule has 4 atom stereocenters. The molecule has 1 N–H and O–H groups in total. The Morgan fingerprint density at radius 3 is 2.83 bits per heavy atom. The second-order valence-electron chi connectivity index (χ2n) is 5.97. The molecule has 0 saturated carbocycles. The van der Waals surface area contributed by atoms with Crippen LogP contribution in [0.2, 0.25) is 0 Å². The summed E-state index contributed by atoms with van der Waals surface area (Å²) in [4.78, 5) is 0. The van der Waals surface area contributed by atoms with Crippen molar-refractivity contribution in [1.29, 1.82) is 0 Å². The first kappa shape index (κ1) is 12.2. The molecule has 3 rings (SSSR count). The van der Waals surface area contributed by atoms with E-state index in [9.17, 15) is 5.11 Å². The number of aliphatic hydroxyl groups excluding tert-OH is 1. The summed E-state index contributed by atoms with van der Waals surface area (Å²) in [5.74, 6) is 0.351. The first-order valence-electron chi connectivity index (χ1n) is 7.03. The van der Waals surface area contributed by atoms with Crippen molar-refractivity contribution in [2.24, 2.45) is 5.92 Å². The SMILES string of the molecule is Cc1ccc(C)c(CC(O)C2CC3CCC2O3)c1. The van der Waals surface area contributed by atoms with Gasteiger partial charge in [-0.1, -0.05) is 23.8 Å². The van der Waals surface area contributed by atoms with E-state index in [1.54, 1.807) is 0 Å². The van der Waals surface area contributed by atoms with Gasteiger partial charge >= 0.3 is 0 Å². The molecule has 1 aromatic carbocycles. The molecule has 2 heteroatoms. The maximum atomic E-state index is 10.5. The zero-order valence-electron chi connectivity index (χ0n) is 11.2. The van der Waals surface area contributed by atoms with Gasteiger partial charge in [-0.25, -0.2) is 0 Å². The van der Waals surface area contributed by atoms with Crippen molar-refractivity contribution in [3.8, 4) is 0 Å². The molecule has 0 spiro atoms. The molecule has 4 unspecified atom stereocenters. The highest BCUT2D eigenvalue weighted by Crippen LogP contribution is 2.41. The Bertz CT molecular complexity index is 441. The maximum absolute atomic E-state index is 10.5. The number of hydrogen-bond donors (Lipinski definition) is 1. The van der Waals surface area contributed by atoms with Crippen LogP contribution in [0.4, 0.5) is 0 Å². The Morgan fingerprint density at radius 2 is 2.17 bits per heavy atom. The molecular weight excluding hydrogens is 224 g/mol. The van der Waals surface area contributed by atoms with Crippen molar-refractivity contribution < 1.29 is 9.84 Å². The van der Waals surface area contributed by atoms with Crippen LogP contribution >= 0.6 is 0 Å². The van der Waals surface area contributed by atoms with Gasteiger partial charge in [0.25, 0.3) is 0 Å². The largest absolute Gasteiger partial charge is 0.392 e. The van der Waals surface area contributed by atoms with E-state index < -0.39 is 0 Å². The van der Waals surface area contributed by atoms with Crippen molar-refractivity contribution in [3.63, 3.8) is 0 Å².